The number of nitrogens with zero attached hydrogens (tertiary/aromatic N) is 2. The second-order valence-corrected chi connectivity index (χ2v) is 5.05. The molecule has 0 aliphatic carbocycles. The van der Waals surface area contributed by atoms with Crippen LogP contribution in [0.2, 0.25) is 5.15 Å². The molecule has 2 aromatic rings. The van der Waals surface area contributed by atoms with E-state index in [9.17, 15) is 4.39 Å². The number of aromatic nitrogens is 2. The van der Waals surface area contributed by atoms with E-state index in [1.54, 1.807) is 6.07 Å². The zero-order valence-corrected chi connectivity index (χ0v) is 11.8. The Morgan fingerprint density at radius 2 is 2.00 bits per heavy atom. The summed E-state index contributed by atoms with van der Waals surface area (Å²) in [6.45, 7) is 5.82. The fraction of sp³-hybridized carbons (Fsp3) is 0.286. The van der Waals surface area contributed by atoms with Gasteiger partial charge < -0.3 is 5.32 Å². The molecule has 3 nitrogen and oxygen atoms in total. The van der Waals surface area contributed by atoms with Gasteiger partial charge in [0.2, 0.25) is 0 Å². The first-order valence-corrected chi connectivity index (χ1v) is 6.40. The number of hydrogen-bond donors (Lipinski definition) is 1. The number of anilines is 2. The monoisotopic (exact) mass is 279 g/mol. The second kappa shape index (κ2) is 5.53. The zero-order valence-electron chi connectivity index (χ0n) is 11.0. The molecule has 0 atom stereocenters. The van der Waals surface area contributed by atoms with Crippen LogP contribution in [0.15, 0.2) is 24.5 Å². The van der Waals surface area contributed by atoms with Gasteiger partial charge in [-0.3, -0.25) is 0 Å². The van der Waals surface area contributed by atoms with Gasteiger partial charge in [0.05, 0.1) is 5.69 Å². The van der Waals surface area contributed by atoms with Crippen molar-refractivity contribution in [2.45, 2.75) is 26.7 Å². The van der Waals surface area contributed by atoms with Crippen molar-refractivity contribution in [3.63, 3.8) is 0 Å². The SMILES string of the molecule is Cc1ccc(Nc2ncnc(Cl)c2C(C)C)c(F)c1. The molecule has 0 aliphatic rings. The molecule has 1 aromatic heterocycles. The van der Waals surface area contributed by atoms with E-state index in [0.717, 1.165) is 11.1 Å². The number of hydrogen-bond acceptors (Lipinski definition) is 3. The lowest BCUT2D eigenvalue weighted by Gasteiger charge is -2.14. The van der Waals surface area contributed by atoms with Gasteiger partial charge in [0, 0.05) is 5.56 Å². The van der Waals surface area contributed by atoms with Crippen LogP contribution in [0.1, 0.15) is 30.9 Å². The lowest BCUT2D eigenvalue weighted by Crippen LogP contribution is -2.04. The smallest absolute Gasteiger partial charge is 0.146 e. The van der Waals surface area contributed by atoms with E-state index in [2.05, 4.69) is 15.3 Å². The Morgan fingerprint density at radius 3 is 2.63 bits per heavy atom. The van der Waals surface area contributed by atoms with E-state index in [1.807, 2.05) is 26.8 Å². The zero-order chi connectivity index (χ0) is 14.0. The Balaban J connectivity index is 2.41. The van der Waals surface area contributed by atoms with Crippen molar-refractivity contribution in [2.75, 3.05) is 5.32 Å². The lowest BCUT2D eigenvalue weighted by atomic mass is 10.1. The maximum Gasteiger partial charge on any atom is 0.146 e. The molecule has 5 heteroatoms. The van der Waals surface area contributed by atoms with Crippen LogP contribution in [-0.4, -0.2) is 9.97 Å². The molecule has 1 N–H and O–H groups in total. The van der Waals surface area contributed by atoms with Crippen molar-refractivity contribution >= 4 is 23.1 Å². The van der Waals surface area contributed by atoms with Crippen LogP contribution in [0.4, 0.5) is 15.9 Å². The third-order valence-electron chi connectivity index (χ3n) is 2.79. The number of halogens is 2. The quantitative estimate of drug-likeness (QED) is 0.844. The molecule has 0 saturated heterocycles. The van der Waals surface area contributed by atoms with Crippen LogP contribution < -0.4 is 5.32 Å². The van der Waals surface area contributed by atoms with Gasteiger partial charge in [-0.15, -0.1) is 0 Å². The van der Waals surface area contributed by atoms with Gasteiger partial charge >= 0.3 is 0 Å². The van der Waals surface area contributed by atoms with E-state index in [4.69, 9.17) is 11.6 Å². The Labute approximate surface area is 116 Å². The van der Waals surface area contributed by atoms with Gasteiger partial charge in [0.25, 0.3) is 0 Å². The molecule has 0 saturated carbocycles. The maximum absolute atomic E-state index is 13.8. The van der Waals surface area contributed by atoms with E-state index in [0.29, 0.717) is 16.7 Å². The Bertz CT molecular complexity index is 599. The van der Waals surface area contributed by atoms with E-state index in [-0.39, 0.29) is 11.7 Å². The van der Waals surface area contributed by atoms with Crippen LogP contribution >= 0.6 is 11.6 Å². The first-order valence-electron chi connectivity index (χ1n) is 6.02. The lowest BCUT2D eigenvalue weighted by molar-refractivity contribution is 0.630. The summed E-state index contributed by atoms with van der Waals surface area (Å²) in [5, 5.41) is 3.37. The van der Waals surface area contributed by atoms with E-state index in [1.165, 1.54) is 12.4 Å². The fourth-order valence-corrected chi connectivity index (χ4v) is 2.19. The van der Waals surface area contributed by atoms with Gasteiger partial charge in [-0.2, -0.15) is 0 Å². The predicted octanol–water partition coefficient (Wildman–Crippen LogP) is 4.44. The molecule has 1 heterocycles. The van der Waals surface area contributed by atoms with Crippen molar-refractivity contribution < 1.29 is 4.39 Å². The highest BCUT2D eigenvalue weighted by molar-refractivity contribution is 6.30. The Morgan fingerprint density at radius 1 is 1.26 bits per heavy atom. The molecule has 0 bridgehead atoms. The fourth-order valence-electron chi connectivity index (χ4n) is 1.83. The standard InChI is InChI=1S/C14H15ClFN3/c1-8(2)12-13(15)17-7-18-14(12)19-11-5-4-9(3)6-10(11)16/h4-8H,1-3H3,(H,17,18,19). The van der Waals surface area contributed by atoms with Crippen LogP contribution in [-0.2, 0) is 0 Å². The molecule has 0 fully saturated rings. The molecule has 100 valence electrons. The minimum absolute atomic E-state index is 0.143. The molecule has 0 radical (unpaired) electrons. The third kappa shape index (κ3) is 3.01. The molecule has 0 aliphatic heterocycles. The second-order valence-electron chi connectivity index (χ2n) is 4.69. The van der Waals surface area contributed by atoms with Gasteiger partial charge in [-0.1, -0.05) is 31.5 Å². The van der Waals surface area contributed by atoms with Gasteiger partial charge in [0.15, 0.2) is 0 Å². The number of rotatable bonds is 3. The Kier molecular flexibility index (Phi) is 4.00. The summed E-state index contributed by atoms with van der Waals surface area (Å²) in [6.07, 6.45) is 1.36. The summed E-state index contributed by atoms with van der Waals surface area (Å²) < 4.78 is 13.8. The third-order valence-corrected chi connectivity index (χ3v) is 3.09. The average Bonchev–Trinajstić information content (AvgIpc) is 2.32. The predicted molar refractivity (Wildman–Crippen MR) is 75.6 cm³/mol. The molecular weight excluding hydrogens is 265 g/mol. The summed E-state index contributed by atoms with van der Waals surface area (Å²) in [5.74, 6) is 0.368. The summed E-state index contributed by atoms with van der Waals surface area (Å²) in [7, 11) is 0. The van der Waals surface area contributed by atoms with Gasteiger partial charge in [0.1, 0.15) is 23.1 Å². The van der Waals surface area contributed by atoms with Crippen LogP contribution in [0.5, 0.6) is 0 Å². The summed E-state index contributed by atoms with van der Waals surface area (Å²) in [5.41, 5.74) is 2.03. The minimum atomic E-state index is -0.315. The maximum atomic E-state index is 13.8. The molecule has 0 unspecified atom stereocenters. The molecule has 0 amide bonds. The van der Waals surface area contributed by atoms with Crippen molar-refractivity contribution in [1.29, 1.82) is 0 Å². The largest absolute Gasteiger partial charge is 0.337 e. The topological polar surface area (TPSA) is 37.8 Å². The first kappa shape index (κ1) is 13.7. The first-order chi connectivity index (χ1) is 8.99. The molecule has 1 aromatic carbocycles. The van der Waals surface area contributed by atoms with Crippen molar-refractivity contribution in [2.24, 2.45) is 0 Å². The van der Waals surface area contributed by atoms with Crippen LogP contribution in [0, 0.1) is 12.7 Å². The summed E-state index contributed by atoms with van der Waals surface area (Å²) >= 11 is 6.07. The normalized spacial score (nSPS) is 10.8. The highest BCUT2D eigenvalue weighted by atomic mass is 35.5. The Hall–Kier alpha value is -1.68. The van der Waals surface area contributed by atoms with Crippen LogP contribution in [0.25, 0.3) is 0 Å². The number of nitrogens with one attached hydrogen (secondary N) is 1. The average molecular weight is 280 g/mol. The summed E-state index contributed by atoms with van der Waals surface area (Å²) in [4.78, 5) is 8.11. The van der Waals surface area contributed by atoms with Crippen LogP contribution in [0.3, 0.4) is 0 Å². The van der Waals surface area contributed by atoms with Gasteiger partial charge in [-0.25, -0.2) is 14.4 Å². The van der Waals surface area contributed by atoms with Gasteiger partial charge in [-0.05, 0) is 30.5 Å². The molecule has 0 spiro atoms. The number of benzene rings is 1. The van der Waals surface area contributed by atoms with Crippen molar-refractivity contribution in [1.82, 2.24) is 9.97 Å². The molecular formula is C14H15ClFN3. The molecule has 2 rings (SSSR count). The summed E-state index contributed by atoms with van der Waals surface area (Å²) in [6, 6.07) is 4.99. The minimum Gasteiger partial charge on any atom is -0.337 e. The van der Waals surface area contributed by atoms with E-state index >= 15 is 0 Å². The number of aryl methyl sites for hydroxylation is 1. The highest BCUT2D eigenvalue weighted by Gasteiger charge is 2.14. The highest BCUT2D eigenvalue weighted by Crippen LogP contribution is 2.30. The van der Waals surface area contributed by atoms with Crippen molar-refractivity contribution in [3.05, 3.63) is 46.6 Å². The van der Waals surface area contributed by atoms with Crippen molar-refractivity contribution in [3.8, 4) is 0 Å². The molecule has 19 heavy (non-hydrogen) atoms. The van der Waals surface area contributed by atoms with E-state index < -0.39 is 0 Å².